The van der Waals surface area contributed by atoms with Crippen LogP contribution in [0.5, 0.6) is 10.8 Å². The van der Waals surface area contributed by atoms with E-state index in [0.29, 0.717) is 16.0 Å². The minimum atomic E-state index is -0.0853. The first-order chi connectivity index (χ1) is 11.7. The molecule has 5 rings (SSSR count). The molecule has 0 radical (unpaired) electrons. The number of rotatable bonds is 4. The molecular weight excluding hydrogens is 322 g/mol. The van der Waals surface area contributed by atoms with Crippen molar-refractivity contribution in [1.29, 1.82) is 0 Å². The van der Waals surface area contributed by atoms with Gasteiger partial charge in [0.25, 0.3) is 5.91 Å². The number of aromatic nitrogens is 1. The predicted octanol–water partition coefficient (Wildman–Crippen LogP) is 3.07. The van der Waals surface area contributed by atoms with Crippen LogP contribution < -0.4 is 10.1 Å². The molecule has 1 aromatic carbocycles. The Morgan fingerprint density at radius 1 is 1.38 bits per heavy atom. The SMILES string of the molecule is Cc1cccc(Oc2cnc(C(=O)N[C@H]3CN4CCC3CC4)s2)c1. The van der Waals surface area contributed by atoms with E-state index in [1.165, 1.54) is 37.3 Å². The summed E-state index contributed by atoms with van der Waals surface area (Å²) in [6, 6.07) is 8.09. The van der Waals surface area contributed by atoms with Crippen LogP contribution in [0.25, 0.3) is 0 Å². The summed E-state index contributed by atoms with van der Waals surface area (Å²) in [5.41, 5.74) is 1.14. The van der Waals surface area contributed by atoms with Crippen molar-refractivity contribution in [2.24, 2.45) is 5.92 Å². The average Bonchev–Trinajstić information content (AvgIpc) is 3.05. The highest BCUT2D eigenvalue weighted by Gasteiger charge is 2.35. The second kappa shape index (κ2) is 6.53. The Bertz CT molecular complexity index is 737. The lowest BCUT2D eigenvalue weighted by Gasteiger charge is -2.44. The first-order valence-corrected chi connectivity index (χ1v) is 9.22. The summed E-state index contributed by atoms with van der Waals surface area (Å²) in [4.78, 5) is 19.1. The zero-order valence-electron chi connectivity index (χ0n) is 13.7. The average molecular weight is 343 g/mol. The Morgan fingerprint density at radius 2 is 2.21 bits per heavy atom. The maximum atomic E-state index is 12.5. The summed E-state index contributed by atoms with van der Waals surface area (Å²) in [6.45, 7) is 5.33. The monoisotopic (exact) mass is 343 g/mol. The smallest absolute Gasteiger partial charge is 0.280 e. The van der Waals surface area contributed by atoms with E-state index < -0.39 is 0 Å². The van der Waals surface area contributed by atoms with Crippen LogP contribution in [-0.2, 0) is 0 Å². The van der Waals surface area contributed by atoms with Crippen LogP contribution >= 0.6 is 11.3 Å². The highest BCUT2D eigenvalue weighted by Crippen LogP contribution is 2.30. The molecule has 24 heavy (non-hydrogen) atoms. The fourth-order valence-electron chi connectivity index (χ4n) is 3.57. The number of fused-ring (bicyclic) bond motifs is 3. The third-order valence-corrected chi connectivity index (χ3v) is 5.73. The molecule has 3 aliphatic heterocycles. The van der Waals surface area contributed by atoms with E-state index in [9.17, 15) is 4.79 Å². The number of nitrogens with one attached hydrogen (secondary N) is 1. The molecule has 1 amide bonds. The number of hydrogen-bond donors (Lipinski definition) is 1. The van der Waals surface area contributed by atoms with E-state index in [0.717, 1.165) is 17.9 Å². The molecule has 1 atom stereocenters. The second-order valence-electron chi connectivity index (χ2n) is 6.62. The number of nitrogens with zero attached hydrogens (tertiary/aromatic N) is 2. The Hall–Kier alpha value is -1.92. The summed E-state index contributed by atoms with van der Waals surface area (Å²) in [5, 5.41) is 4.27. The minimum absolute atomic E-state index is 0.0853. The largest absolute Gasteiger partial charge is 0.445 e. The van der Waals surface area contributed by atoms with Gasteiger partial charge in [0.05, 0.1) is 6.20 Å². The van der Waals surface area contributed by atoms with Gasteiger partial charge in [0.1, 0.15) is 5.75 Å². The van der Waals surface area contributed by atoms with Gasteiger partial charge in [0, 0.05) is 12.6 Å². The van der Waals surface area contributed by atoms with Gasteiger partial charge in [-0.25, -0.2) is 4.98 Å². The molecule has 3 fully saturated rings. The standard InChI is InChI=1S/C18H21N3O2S/c1-12-3-2-4-14(9-12)23-16-10-19-18(24-16)17(22)20-15-11-21-7-5-13(15)6-8-21/h2-4,9-10,13,15H,5-8,11H2,1H3,(H,20,22)/t15-/m0/s1. The molecule has 0 unspecified atom stereocenters. The van der Waals surface area contributed by atoms with E-state index in [1.54, 1.807) is 6.20 Å². The number of thiazole rings is 1. The Kier molecular flexibility index (Phi) is 4.24. The van der Waals surface area contributed by atoms with Crippen molar-refractivity contribution in [1.82, 2.24) is 15.2 Å². The third-order valence-electron chi connectivity index (χ3n) is 4.86. The van der Waals surface area contributed by atoms with Crippen molar-refractivity contribution in [3.05, 3.63) is 41.0 Å². The maximum absolute atomic E-state index is 12.5. The van der Waals surface area contributed by atoms with E-state index in [2.05, 4.69) is 15.2 Å². The summed E-state index contributed by atoms with van der Waals surface area (Å²) >= 11 is 1.29. The molecule has 3 saturated heterocycles. The lowest BCUT2D eigenvalue weighted by atomic mass is 9.84. The van der Waals surface area contributed by atoms with Crippen molar-refractivity contribution in [3.8, 4) is 10.8 Å². The quantitative estimate of drug-likeness (QED) is 0.927. The van der Waals surface area contributed by atoms with Crippen molar-refractivity contribution in [2.45, 2.75) is 25.8 Å². The summed E-state index contributed by atoms with van der Waals surface area (Å²) in [5.74, 6) is 1.29. The van der Waals surface area contributed by atoms with Crippen LogP contribution in [0.15, 0.2) is 30.5 Å². The molecule has 0 saturated carbocycles. The van der Waals surface area contributed by atoms with Crippen LogP contribution in [0.2, 0.25) is 0 Å². The first-order valence-electron chi connectivity index (χ1n) is 8.41. The Morgan fingerprint density at radius 3 is 2.92 bits per heavy atom. The summed E-state index contributed by atoms with van der Waals surface area (Å²) in [6.07, 6.45) is 3.99. The van der Waals surface area contributed by atoms with E-state index in [-0.39, 0.29) is 11.9 Å². The number of ether oxygens (including phenoxy) is 1. The molecule has 5 nitrogen and oxygen atoms in total. The highest BCUT2D eigenvalue weighted by molar-refractivity contribution is 7.15. The number of amides is 1. The zero-order chi connectivity index (χ0) is 16.5. The zero-order valence-corrected chi connectivity index (χ0v) is 14.5. The molecular formula is C18H21N3O2S. The van der Waals surface area contributed by atoms with Gasteiger partial charge in [-0.3, -0.25) is 4.79 Å². The Labute approximate surface area is 145 Å². The molecule has 3 aliphatic rings. The third kappa shape index (κ3) is 3.30. The number of carbonyl (C=O) groups excluding carboxylic acids is 1. The molecule has 0 aliphatic carbocycles. The fourth-order valence-corrected chi connectivity index (χ4v) is 4.26. The maximum Gasteiger partial charge on any atom is 0.280 e. The van der Waals surface area contributed by atoms with Crippen molar-refractivity contribution in [2.75, 3.05) is 19.6 Å². The van der Waals surface area contributed by atoms with Crippen LogP contribution in [0, 0.1) is 12.8 Å². The van der Waals surface area contributed by atoms with E-state index in [4.69, 9.17) is 4.74 Å². The van der Waals surface area contributed by atoms with Crippen LogP contribution in [-0.4, -0.2) is 41.5 Å². The van der Waals surface area contributed by atoms with Crippen molar-refractivity contribution >= 4 is 17.2 Å². The second-order valence-corrected chi connectivity index (χ2v) is 7.61. The number of piperidine rings is 3. The lowest BCUT2D eigenvalue weighted by molar-refractivity contribution is 0.0620. The topological polar surface area (TPSA) is 54.5 Å². The molecule has 0 spiro atoms. The summed E-state index contributed by atoms with van der Waals surface area (Å²) < 4.78 is 5.80. The molecule has 126 valence electrons. The van der Waals surface area contributed by atoms with Gasteiger partial charge in [-0.2, -0.15) is 0 Å². The molecule has 1 N–H and O–H groups in total. The number of carbonyl (C=O) groups is 1. The van der Waals surface area contributed by atoms with Gasteiger partial charge in [-0.1, -0.05) is 23.5 Å². The van der Waals surface area contributed by atoms with Crippen LogP contribution in [0.3, 0.4) is 0 Å². The number of benzene rings is 1. The lowest BCUT2D eigenvalue weighted by Crippen LogP contribution is -2.57. The molecule has 2 aromatic rings. The van der Waals surface area contributed by atoms with E-state index in [1.807, 2.05) is 31.2 Å². The highest BCUT2D eigenvalue weighted by atomic mass is 32.1. The van der Waals surface area contributed by atoms with Gasteiger partial charge in [0.2, 0.25) is 5.06 Å². The van der Waals surface area contributed by atoms with Gasteiger partial charge in [-0.05, 0) is 56.5 Å². The first kappa shape index (κ1) is 15.6. The molecule has 4 heterocycles. The molecule has 1 aromatic heterocycles. The fraction of sp³-hybridized carbons (Fsp3) is 0.444. The summed E-state index contributed by atoms with van der Waals surface area (Å²) in [7, 11) is 0. The number of aryl methyl sites for hydroxylation is 1. The van der Waals surface area contributed by atoms with Crippen LogP contribution in [0.1, 0.15) is 28.2 Å². The van der Waals surface area contributed by atoms with Gasteiger partial charge in [-0.15, -0.1) is 0 Å². The molecule has 2 bridgehead atoms. The number of hydrogen-bond acceptors (Lipinski definition) is 5. The normalized spacial score (nSPS) is 25.5. The van der Waals surface area contributed by atoms with Gasteiger partial charge in [0.15, 0.2) is 5.01 Å². The van der Waals surface area contributed by atoms with Gasteiger partial charge >= 0.3 is 0 Å². The Balaban J connectivity index is 1.40. The van der Waals surface area contributed by atoms with Gasteiger partial charge < -0.3 is 15.0 Å². The van der Waals surface area contributed by atoms with E-state index >= 15 is 0 Å². The van der Waals surface area contributed by atoms with Crippen molar-refractivity contribution < 1.29 is 9.53 Å². The van der Waals surface area contributed by atoms with Crippen molar-refractivity contribution in [3.63, 3.8) is 0 Å². The van der Waals surface area contributed by atoms with Crippen LogP contribution in [0.4, 0.5) is 0 Å². The molecule has 6 heteroatoms. The minimum Gasteiger partial charge on any atom is -0.445 e. The predicted molar refractivity (Wildman–Crippen MR) is 93.8 cm³/mol.